The molecule has 6 nitrogen and oxygen atoms in total. The number of non-ortho nitro benzene ring substituents is 1. The van der Waals surface area contributed by atoms with Crippen molar-refractivity contribution >= 4 is 22.3 Å². The van der Waals surface area contributed by atoms with Crippen LogP contribution in [0, 0.1) is 17.0 Å². The van der Waals surface area contributed by atoms with Gasteiger partial charge in [0.2, 0.25) is 0 Å². The predicted molar refractivity (Wildman–Crippen MR) is 89.5 cm³/mol. The highest BCUT2D eigenvalue weighted by Gasteiger charge is 2.12. The standard InChI is InChI=1S/C17H16N4O2/c1-12-10-18-7-5-14(12)11-20(2)17-16-4-3-15(21(22)23)9-13(16)6-8-19-17/h3-10H,11H2,1-2H3. The van der Waals surface area contributed by atoms with Crippen LogP contribution in [0.25, 0.3) is 10.8 Å². The molecule has 0 amide bonds. The number of nitrogens with zero attached hydrogens (tertiary/aromatic N) is 4. The van der Waals surface area contributed by atoms with E-state index in [9.17, 15) is 10.1 Å². The van der Waals surface area contributed by atoms with Crippen molar-refractivity contribution in [2.45, 2.75) is 13.5 Å². The van der Waals surface area contributed by atoms with Crippen molar-refractivity contribution in [3.63, 3.8) is 0 Å². The molecule has 2 aromatic heterocycles. The second kappa shape index (κ2) is 6.00. The lowest BCUT2D eigenvalue weighted by Crippen LogP contribution is -2.18. The molecule has 1 aromatic carbocycles. The van der Waals surface area contributed by atoms with Crippen molar-refractivity contribution in [2.24, 2.45) is 0 Å². The first kappa shape index (κ1) is 14.9. The molecule has 0 radical (unpaired) electrons. The van der Waals surface area contributed by atoms with Gasteiger partial charge in [-0.2, -0.15) is 0 Å². The number of benzene rings is 1. The highest BCUT2D eigenvalue weighted by atomic mass is 16.6. The summed E-state index contributed by atoms with van der Waals surface area (Å²) in [5, 5.41) is 12.6. The number of pyridine rings is 2. The van der Waals surface area contributed by atoms with Gasteiger partial charge in [-0.25, -0.2) is 4.98 Å². The van der Waals surface area contributed by atoms with Crippen molar-refractivity contribution in [2.75, 3.05) is 11.9 Å². The average molecular weight is 308 g/mol. The molecular formula is C17H16N4O2. The molecule has 23 heavy (non-hydrogen) atoms. The zero-order valence-electron chi connectivity index (χ0n) is 12.9. The smallest absolute Gasteiger partial charge is 0.270 e. The number of hydrogen-bond donors (Lipinski definition) is 0. The van der Waals surface area contributed by atoms with E-state index in [-0.39, 0.29) is 10.6 Å². The fourth-order valence-electron chi connectivity index (χ4n) is 2.58. The summed E-state index contributed by atoms with van der Waals surface area (Å²) < 4.78 is 0. The highest BCUT2D eigenvalue weighted by molar-refractivity contribution is 5.93. The van der Waals surface area contributed by atoms with Crippen LogP contribution in [0.2, 0.25) is 0 Å². The van der Waals surface area contributed by atoms with Crippen molar-refractivity contribution in [1.82, 2.24) is 9.97 Å². The van der Waals surface area contributed by atoms with E-state index < -0.39 is 0 Å². The molecule has 0 saturated heterocycles. The number of aromatic nitrogens is 2. The molecule has 6 heteroatoms. The zero-order valence-corrected chi connectivity index (χ0v) is 12.9. The van der Waals surface area contributed by atoms with E-state index in [1.165, 1.54) is 11.6 Å². The molecule has 0 N–H and O–H groups in total. The van der Waals surface area contributed by atoms with Gasteiger partial charge in [0.1, 0.15) is 5.82 Å². The van der Waals surface area contributed by atoms with Gasteiger partial charge in [-0.15, -0.1) is 0 Å². The fourth-order valence-corrected chi connectivity index (χ4v) is 2.58. The Kier molecular flexibility index (Phi) is 3.89. The molecule has 0 bridgehead atoms. The Bertz CT molecular complexity index is 879. The van der Waals surface area contributed by atoms with Gasteiger partial charge in [-0.05, 0) is 41.6 Å². The van der Waals surface area contributed by atoms with E-state index in [2.05, 4.69) is 9.97 Å². The van der Waals surface area contributed by atoms with Crippen LogP contribution in [0.15, 0.2) is 48.9 Å². The van der Waals surface area contributed by atoms with Crippen LogP contribution in [0.1, 0.15) is 11.1 Å². The van der Waals surface area contributed by atoms with E-state index in [1.807, 2.05) is 31.1 Å². The number of nitro benzene ring substituents is 1. The van der Waals surface area contributed by atoms with Gasteiger partial charge < -0.3 is 4.90 Å². The Hall–Kier alpha value is -3.02. The van der Waals surface area contributed by atoms with Crippen LogP contribution in [-0.4, -0.2) is 21.9 Å². The molecule has 0 aliphatic rings. The van der Waals surface area contributed by atoms with Gasteiger partial charge in [0, 0.05) is 49.7 Å². The molecule has 0 saturated carbocycles. The number of aryl methyl sites for hydroxylation is 1. The minimum absolute atomic E-state index is 0.0854. The minimum atomic E-state index is -0.385. The second-order valence-electron chi connectivity index (χ2n) is 5.46. The molecule has 3 rings (SSSR count). The summed E-state index contributed by atoms with van der Waals surface area (Å²) in [6, 6.07) is 8.62. The van der Waals surface area contributed by atoms with Gasteiger partial charge in [-0.1, -0.05) is 0 Å². The molecule has 0 aliphatic carbocycles. The molecule has 3 aromatic rings. The Labute approximate surface area is 133 Å². The van der Waals surface area contributed by atoms with Gasteiger partial charge in [0.05, 0.1) is 4.92 Å². The first-order chi connectivity index (χ1) is 11.1. The summed E-state index contributed by atoms with van der Waals surface area (Å²) in [6.45, 7) is 2.72. The maximum atomic E-state index is 10.9. The number of rotatable bonds is 4. The molecule has 0 aliphatic heterocycles. The number of hydrogen-bond acceptors (Lipinski definition) is 5. The molecule has 2 heterocycles. The van der Waals surface area contributed by atoms with Gasteiger partial charge in [-0.3, -0.25) is 15.1 Å². The summed E-state index contributed by atoms with van der Waals surface area (Å²) >= 11 is 0. The van der Waals surface area contributed by atoms with Crippen molar-refractivity contribution < 1.29 is 4.92 Å². The van der Waals surface area contributed by atoms with Crippen molar-refractivity contribution in [1.29, 1.82) is 0 Å². The zero-order chi connectivity index (χ0) is 16.4. The van der Waals surface area contributed by atoms with Gasteiger partial charge in [0.15, 0.2) is 0 Å². The largest absolute Gasteiger partial charge is 0.355 e. The van der Waals surface area contributed by atoms with Crippen LogP contribution < -0.4 is 4.90 Å². The Balaban J connectivity index is 1.99. The lowest BCUT2D eigenvalue weighted by Gasteiger charge is -2.20. The average Bonchev–Trinajstić information content (AvgIpc) is 2.55. The fraction of sp³-hybridized carbons (Fsp3) is 0.176. The SMILES string of the molecule is Cc1cnccc1CN(C)c1nccc2cc([N+](=O)[O-])ccc12. The third-order valence-corrected chi connectivity index (χ3v) is 3.84. The summed E-state index contributed by atoms with van der Waals surface area (Å²) in [7, 11) is 1.96. The number of fused-ring (bicyclic) bond motifs is 1. The molecular weight excluding hydrogens is 292 g/mol. The quantitative estimate of drug-likeness (QED) is 0.545. The second-order valence-corrected chi connectivity index (χ2v) is 5.46. The summed E-state index contributed by atoms with van der Waals surface area (Å²) in [4.78, 5) is 21.1. The molecule has 0 unspecified atom stereocenters. The monoisotopic (exact) mass is 308 g/mol. The number of nitro groups is 1. The Morgan fingerprint density at radius 2 is 2.04 bits per heavy atom. The normalized spacial score (nSPS) is 10.7. The van der Waals surface area contributed by atoms with Gasteiger partial charge >= 0.3 is 0 Å². The first-order valence-electron chi connectivity index (χ1n) is 7.20. The van der Waals surface area contributed by atoms with E-state index in [0.29, 0.717) is 6.54 Å². The van der Waals surface area contributed by atoms with Crippen molar-refractivity contribution in [3.8, 4) is 0 Å². The first-order valence-corrected chi connectivity index (χ1v) is 7.20. The molecule has 0 atom stereocenters. The van der Waals surface area contributed by atoms with Crippen molar-refractivity contribution in [3.05, 3.63) is 70.2 Å². The van der Waals surface area contributed by atoms with E-state index in [4.69, 9.17) is 0 Å². The lowest BCUT2D eigenvalue weighted by molar-refractivity contribution is -0.384. The molecule has 116 valence electrons. The van der Waals surface area contributed by atoms with Crippen LogP contribution in [0.5, 0.6) is 0 Å². The third kappa shape index (κ3) is 2.96. The van der Waals surface area contributed by atoms with Crippen LogP contribution in [0.3, 0.4) is 0 Å². The van der Waals surface area contributed by atoms with E-state index in [0.717, 1.165) is 22.2 Å². The summed E-state index contributed by atoms with van der Waals surface area (Å²) in [6.07, 6.45) is 5.29. The Morgan fingerprint density at radius 1 is 1.22 bits per heavy atom. The minimum Gasteiger partial charge on any atom is -0.355 e. The van der Waals surface area contributed by atoms with Crippen LogP contribution in [-0.2, 0) is 6.54 Å². The maximum Gasteiger partial charge on any atom is 0.270 e. The third-order valence-electron chi connectivity index (χ3n) is 3.84. The molecule has 0 spiro atoms. The summed E-state index contributed by atoms with van der Waals surface area (Å²) in [5.74, 6) is 0.800. The highest BCUT2D eigenvalue weighted by Crippen LogP contribution is 2.28. The Morgan fingerprint density at radius 3 is 2.78 bits per heavy atom. The molecule has 0 fully saturated rings. The van der Waals surface area contributed by atoms with Crippen LogP contribution >= 0.6 is 0 Å². The van der Waals surface area contributed by atoms with E-state index in [1.54, 1.807) is 30.6 Å². The lowest BCUT2D eigenvalue weighted by atomic mass is 10.1. The van der Waals surface area contributed by atoms with E-state index >= 15 is 0 Å². The van der Waals surface area contributed by atoms with Crippen LogP contribution in [0.4, 0.5) is 11.5 Å². The number of anilines is 1. The predicted octanol–water partition coefficient (Wildman–Crippen LogP) is 3.48. The topological polar surface area (TPSA) is 72.2 Å². The summed E-state index contributed by atoms with van der Waals surface area (Å²) in [5.41, 5.74) is 2.38. The van der Waals surface area contributed by atoms with Gasteiger partial charge in [0.25, 0.3) is 5.69 Å². The maximum absolute atomic E-state index is 10.9.